The standard InChI is InChI=1S/C23H29N5O5S/c24-21(25)17-8-6-15(7-9-17)12-26-22(32)18(10-11-20(30)31)27-23(33)19(13-29)28-34-14-16-4-2-1-3-5-16/h1-9,18-19,28-29H,10-14H2,(H3,24,25)(H,26,32)(H,27,33)(H,30,31)/t18-,19+/m0/s1. The summed E-state index contributed by atoms with van der Waals surface area (Å²) in [5.41, 5.74) is 7.76. The molecule has 2 amide bonds. The molecule has 8 N–H and O–H groups in total. The summed E-state index contributed by atoms with van der Waals surface area (Å²) in [6.07, 6.45) is -0.420. The van der Waals surface area contributed by atoms with Crippen molar-refractivity contribution in [2.75, 3.05) is 6.61 Å². The van der Waals surface area contributed by atoms with E-state index < -0.39 is 36.5 Å². The number of aliphatic hydroxyl groups excluding tert-OH is 1. The van der Waals surface area contributed by atoms with Gasteiger partial charge < -0.3 is 26.6 Å². The smallest absolute Gasteiger partial charge is 0.303 e. The second-order valence-electron chi connectivity index (χ2n) is 7.45. The van der Waals surface area contributed by atoms with Crippen molar-refractivity contribution in [2.45, 2.75) is 37.2 Å². The normalized spacial score (nSPS) is 12.4. The minimum Gasteiger partial charge on any atom is -0.481 e. The molecule has 0 heterocycles. The molecule has 2 aromatic carbocycles. The van der Waals surface area contributed by atoms with Gasteiger partial charge >= 0.3 is 5.97 Å². The number of amides is 2. The maximum atomic E-state index is 12.7. The quantitative estimate of drug-likeness (QED) is 0.116. The van der Waals surface area contributed by atoms with Crippen molar-refractivity contribution >= 4 is 35.6 Å². The molecule has 2 aromatic rings. The predicted octanol–water partition coefficient (Wildman–Crippen LogP) is 0.735. The van der Waals surface area contributed by atoms with Crippen molar-refractivity contribution in [3.63, 3.8) is 0 Å². The van der Waals surface area contributed by atoms with Crippen LogP contribution in [0.3, 0.4) is 0 Å². The summed E-state index contributed by atoms with van der Waals surface area (Å²) < 4.78 is 2.88. The van der Waals surface area contributed by atoms with Crippen LogP contribution in [0.4, 0.5) is 0 Å². The second kappa shape index (κ2) is 14.0. The van der Waals surface area contributed by atoms with Crippen molar-refractivity contribution < 1.29 is 24.6 Å². The summed E-state index contributed by atoms with van der Waals surface area (Å²) in [5.74, 6) is -1.75. The highest BCUT2D eigenvalue weighted by atomic mass is 32.2. The number of carboxylic acids is 1. The van der Waals surface area contributed by atoms with E-state index in [4.69, 9.17) is 16.2 Å². The number of aliphatic carboxylic acids is 1. The van der Waals surface area contributed by atoms with E-state index >= 15 is 0 Å². The van der Waals surface area contributed by atoms with Crippen LogP contribution in [-0.4, -0.2) is 52.5 Å². The lowest BCUT2D eigenvalue weighted by molar-refractivity contribution is -0.138. The monoisotopic (exact) mass is 487 g/mol. The molecule has 0 bridgehead atoms. The largest absolute Gasteiger partial charge is 0.481 e. The number of carbonyl (C=O) groups excluding carboxylic acids is 2. The average Bonchev–Trinajstić information content (AvgIpc) is 2.83. The fourth-order valence-corrected chi connectivity index (χ4v) is 3.72. The molecule has 0 unspecified atom stereocenters. The third kappa shape index (κ3) is 9.22. The lowest BCUT2D eigenvalue weighted by atomic mass is 10.1. The first kappa shape index (κ1) is 26.8. The first-order valence-corrected chi connectivity index (χ1v) is 11.5. The third-order valence-corrected chi connectivity index (χ3v) is 5.75. The molecular weight excluding hydrogens is 458 g/mol. The van der Waals surface area contributed by atoms with E-state index in [1.807, 2.05) is 30.3 Å². The van der Waals surface area contributed by atoms with Crippen molar-refractivity contribution in [3.05, 3.63) is 71.3 Å². The SMILES string of the molecule is N=C(N)c1ccc(CNC(=O)[C@H](CCC(=O)O)NC(=O)[C@@H](CO)NSCc2ccccc2)cc1. The van der Waals surface area contributed by atoms with Crippen LogP contribution < -0.4 is 21.1 Å². The summed E-state index contributed by atoms with van der Waals surface area (Å²) >= 11 is 1.24. The van der Waals surface area contributed by atoms with Crippen LogP contribution in [0.5, 0.6) is 0 Å². The Morgan fingerprint density at radius 2 is 1.65 bits per heavy atom. The Morgan fingerprint density at radius 3 is 2.24 bits per heavy atom. The molecule has 0 aliphatic rings. The summed E-state index contributed by atoms with van der Waals surface area (Å²) in [4.78, 5) is 36.4. The lowest BCUT2D eigenvalue weighted by Crippen LogP contribution is -2.52. The Bertz CT molecular complexity index is 971. The highest BCUT2D eigenvalue weighted by molar-refractivity contribution is 7.96. The van der Waals surface area contributed by atoms with Gasteiger partial charge in [-0.15, -0.1) is 0 Å². The van der Waals surface area contributed by atoms with Crippen LogP contribution in [0.1, 0.15) is 29.5 Å². The van der Waals surface area contributed by atoms with Gasteiger partial charge in [0.2, 0.25) is 11.8 Å². The number of nitrogen functional groups attached to an aromatic ring is 1. The number of rotatable bonds is 14. The second-order valence-corrected chi connectivity index (χ2v) is 8.26. The van der Waals surface area contributed by atoms with E-state index in [0.29, 0.717) is 11.3 Å². The number of nitrogens with one attached hydrogen (secondary N) is 4. The van der Waals surface area contributed by atoms with Crippen LogP contribution >= 0.6 is 11.9 Å². The van der Waals surface area contributed by atoms with Gasteiger partial charge in [0.15, 0.2) is 0 Å². The maximum Gasteiger partial charge on any atom is 0.303 e. The number of nitrogens with two attached hydrogens (primary N) is 1. The van der Waals surface area contributed by atoms with Crippen LogP contribution in [0.2, 0.25) is 0 Å². The Balaban J connectivity index is 1.93. The van der Waals surface area contributed by atoms with Crippen LogP contribution in [-0.2, 0) is 26.7 Å². The zero-order valence-corrected chi connectivity index (χ0v) is 19.3. The van der Waals surface area contributed by atoms with Crippen molar-refractivity contribution in [2.24, 2.45) is 5.73 Å². The van der Waals surface area contributed by atoms with Gasteiger partial charge in [-0.1, -0.05) is 66.5 Å². The molecule has 0 aliphatic carbocycles. The topological polar surface area (TPSA) is 178 Å². The zero-order chi connectivity index (χ0) is 24.9. The Kier molecular flexibility index (Phi) is 11.0. The molecule has 0 fully saturated rings. The molecule has 0 saturated heterocycles. The first-order valence-electron chi connectivity index (χ1n) is 10.6. The number of hydrogen-bond acceptors (Lipinski definition) is 7. The predicted molar refractivity (Wildman–Crippen MR) is 130 cm³/mol. The van der Waals surface area contributed by atoms with Gasteiger partial charge in [0.1, 0.15) is 17.9 Å². The third-order valence-electron chi connectivity index (χ3n) is 4.82. The van der Waals surface area contributed by atoms with Gasteiger partial charge in [-0.25, -0.2) is 4.72 Å². The minimum absolute atomic E-state index is 0.0685. The van der Waals surface area contributed by atoms with Gasteiger partial charge in [-0.3, -0.25) is 19.8 Å². The molecule has 0 saturated carbocycles. The molecule has 0 aliphatic heterocycles. The number of carboxylic acid groups (broad SMARTS) is 1. The van der Waals surface area contributed by atoms with E-state index in [-0.39, 0.29) is 25.2 Å². The highest BCUT2D eigenvalue weighted by Crippen LogP contribution is 2.10. The van der Waals surface area contributed by atoms with Gasteiger partial charge in [0, 0.05) is 24.3 Å². The van der Waals surface area contributed by atoms with Crippen LogP contribution in [0.15, 0.2) is 54.6 Å². The van der Waals surface area contributed by atoms with Gasteiger partial charge in [-0.05, 0) is 17.5 Å². The van der Waals surface area contributed by atoms with E-state index in [9.17, 15) is 19.5 Å². The fraction of sp³-hybridized carbons (Fsp3) is 0.304. The summed E-state index contributed by atoms with van der Waals surface area (Å²) in [6.45, 7) is -0.353. The minimum atomic E-state index is -1.10. The van der Waals surface area contributed by atoms with Crippen molar-refractivity contribution in [1.29, 1.82) is 5.41 Å². The Hall–Kier alpha value is -3.41. The van der Waals surface area contributed by atoms with Crippen molar-refractivity contribution in [1.82, 2.24) is 15.4 Å². The summed E-state index contributed by atoms with van der Waals surface area (Å²) in [6, 6.07) is 14.2. The Labute approximate surface area is 202 Å². The van der Waals surface area contributed by atoms with E-state index in [2.05, 4.69) is 15.4 Å². The van der Waals surface area contributed by atoms with Crippen LogP contribution in [0, 0.1) is 5.41 Å². The molecule has 11 heteroatoms. The molecule has 2 atom stereocenters. The molecule has 0 spiro atoms. The summed E-state index contributed by atoms with van der Waals surface area (Å²) in [7, 11) is 0. The molecule has 10 nitrogen and oxygen atoms in total. The van der Waals surface area contributed by atoms with E-state index in [1.54, 1.807) is 24.3 Å². The molecule has 2 rings (SSSR count). The summed E-state index contributed by atoms with van der Waals surface area (Å²) in [5, 5.41) is 31.3. The molecule has 34 heavy (non-hydrogen) atoms. The Morgan fingerprint density at radius 1 is 0.971 bits per heavy atom. The van der Waals surface area contributed by atoms with Crippen molar-refractivity contribution in [3.8, 4) is 0 Å². The van der Waals surface area contributed by atoms with Gasteiger partial charge in [-0.2, -0.15) is 0 Å². The van der Waals surface area contributed by atoms with Crippen LogP contribution in [0.25, 0.3) is 0 Å². The maximum absolute atomic E-state index is 12.7. The number of benzene rings is 2. The number of carbonyl (C=O) groups is 3. The first-order chi connectivity index (χ1) is 16.3. The number of amidine groups is 1. The lowest BCUT2D eigenvalue weighted by Gasteiger charge is -2.21. The highest BCUT2D eigenvalue weighted by Gasteiger charge is 2.25. The molecule has 0 aromatic heterocycles. The molecule has 182 valence electrons. The zero-order valence-electron chi connectivity index (χ0n) is 18.5. The van der Waals surface area contributed by atoms with Gasteiger partial charge in [0.25, 0.3) is 0 Å². The average molecular weight is 488 g/mol. The molecule has 0 radical (unpaired) electrons. The van der Waals surface area contributed by atoms with Gasteiger partial charge in [0.05, 0.1) is 6.61 Å². The number of aliphatic hydroxyl groups is 1. The fourth-order valence-electron chi connectivity index (χ4n) is 2.90. The van der Waals surface area contributed by atoms with E-state index in [0.717, 1.165) is 11.1 Å². The van der Waals surface area contributed by atoms with E-state index in [1.165, 1.54) is 11.9 Å². The molecular formula is C23H29N5O5S. The number of hydrogen-bond donors (Lipinski definition) is 7.